The number of hydrogen-bond donors (Lipinski definition) is 1. The zero-order valence-electron chi connectivity index (χ0n) is 8.32. The first kappa shape index (κ1) is 8.41. The number of aromatic nitrogens is 3. The van der Waals surface area contributed by atoms with Gasteiger partial charge < -0.3 is 5.32 Å². The molecule has 0 radical (unpaired) electrons. The molecule has 2 fully saturated rings. The fourth-order valence-electron chi connectivity index (χ4n) is 1.87. The Kier molecular flexibility index (Phi) is 2.01. The van der Waals surface area contributed by atoms with Crippen molar-refractivity contribution in [2.45, 2.75) is 25.8 Å². The first-order chi connectivity index (χ1) is 6.90. The number of rotatable bonds is 4. The number of nitrogens with one attached hydrogen (secondary N) is 1. The molecule has 14 heavy (non-hydrogen) atoms. The maximum Gasteiger partial charge on any atom is 0.0830 e. The van der Waals surface area contributed by atoms with E-state index >= 15 is 0 Å². The normalized spacial score (nSPS) is 22.3. The molecule has 0 spiro atoms. The van der Waals surface area contributed by atoms with E-state index in [1.165, 1.54) is 12.8 Å². The molecule has 2 heterocycles. The third kappa shape index (κ3) is 1.80. The Morgan fingerprint density at radius 2 is 2.21 bits per heavy atom. The summed E-state index contributed by atoms with van der Waals surface area (Å²) in [6.45, 7) is 3.38. The van der Waals surface area contributed by atoms with Crippen LogP contribution in [0.3, 0.4) is 0 Å². The zero-order valence-corrected chi connectivity index (χ0v) is 8.32. The Morgan fingerprint density at radius 3 is 2.86 bits per heavy atom. The second-order valence-corrected chi connectivity index (χ2v) is 4.60. The number of hydrogen-bond acceptors (Lipinski definition) is 3. The van der Waals surface area contributed by atoms with E-state index in [0.717, 1.165) is 43.6 Å². The molecule has 0 unspecified atom stereocenters. The fraction of sp³-hybridized carbons (Fsp3) is 0.800. The summed E-state index contributed by atoms with van der Waals surface area (Å²) in [5.41, 5.74) is 1.16. The molecule has 1 N–H and O–H groups in total. The highest BCUT2D eigenvalue weighted by molar-refractivity contribution is 4.97. The standard InChI is InChI=1S/C10H16N4/c1-2-8(1)6-14-7-10(12-13-14)3-9-4-11-5-9/h7-9,11H,1-6H2. The smallest absolute Gasteiger partial charge is 0.0830 e. The summed E-state index contributed by atoms with van der Waals surface area (Å²) >= 11 is 0. The molecule has 1 aliphatic carbocycles. The van der Waals surface area contributed by atoms with Crippen molar-refractivity contribution in [3.05, 3.63) is 11.9 Å². The molecule has 1 saturated heterocycles. The second-order valence-electron chi connectivity index (χ2n) is 4.60. The lowest BCUT2D eigenvalue weighted by molar-refractivity contribution is 0.344. The lowest BCUT2D eigenvalue weighted by atomic mass is 9.98. The summed E-state index contributed by atoms with van der Waals surface area (Å²) in [6.07, 6.45) is 5.97. The molecule has 0 bridgehead atoms. The predicted molar refractivity (Wildman–Crippen MR) is 52.8 cm³/mol. The zero-order chi connectivity index (χ0) is 9.38. The van der Waals surface area contributed by atoms with E-state index in [9.17, 15) is 0 Å². The molecule has 0 aromatic carbocycles. The Balaban J connectivity index is 1.57. The average Bonchev–Trinajstić information content (AvgIpc) is 2.78. The third-order valence-electron chi connectivity index (χ3n) is 3.09. The minimum atomic E-state index is 0.793. The summed E-state index contributed by atoms with van der Waals surface area (Å²) in [6, 6.07) is 0. The van der Waals surface area contributed by atoms with Gasteiger partial charge in [0.25, 0.3) is 0 Å². The minimum absolute atomic E-state index is 0.793. The van der Waals surface area contributed by atoms with Gasteiger partial charge in [0.15, 0.2) is 0 Å². The molecule has 4 nitrogen and oxygen atoms in total. The van der Waals surface area contributed by atoms with Crippen LogP contribution in [-0.4, -0.2) is 28.1 Å². The molecule has 0 amide bonds. The molecule has 3 rings (SSSR count). The van der Waals surface area contributed by atoms with Gasteiger partial charge in [0.1, 0.15) is 0 Å². The first-order valence-electron chi connectivity index (χ1n) is 5.50. The average molecular weight is 192 g/mol. The molecule has 1 saturated carbocycles. The Morgan fingerprint density at radius 1 is 1.36 bits per heavy atom. The van der Waals surface area contributed by atoms with Crippen molar-refractivity contribution in [2.24, 2.45) is 11.8 Å². The molecule has 4 heteroatoms. The van der Waals surface area contributed by atoms with Gasteiger partial charge in [-0.3, -0.25) is 4.68 Å². The second kappa shape index (κ2) is 3.35. The van der Waals surface area contributed by atoms with E-state index in [1.807, 2.05) is 4.68 Å². The van der Waals surface area contributed by atoms with Gasteiger partial charge in [-0.05, 0) is 44.2 Å². The van der Waals surface area contributed by atoms with Crippen molar-refractivity contribution in [1.29, 1.82) is 0 Å². The molecule has 76 valence electrons. The van der Waals surface area contributed by atoms with Crippen LogP contribution in [0.25, 0.3) is 0 Å². The Bertz CT molecular complexity index is 312. The third-order valence-corrected chi connectivity index (χ3v) is 3.09. The summed E-state index contributed by atoms with van der Waals surface area (Å²) < 4.78 is 2.01. The van der Waals surface area contributed by atoms with Crippen LogP contribution < -0.4 is 5.32 Å². The molecule has 1 aromatic heterocycles. The van der Waals surface area contributed by atoms with Crippen LogP contribution in [0.5, 0.6) is 0 Å². The molecule has 1 aliphatic heterocycles. The van der Waals surface area contributed by atoms with E-state index in [0.29, 0.717) is 0 Å². The first-order valence-corrected chi connectivity index (χ1v) is 5.50. The monoisotopic (exact) mass is 192 g/mol. The van der Waals surface area contributed by atoms with Crippen molar-refractivity contribution < 1.29 is 0 Å². The summed E-state index contributed by atoms with van der Waals surface area (Å²) in [5.74, 6) is 1.68. The summed E-state index contributed by atoms with van der Waals surface area (Å²) in [5, 5.41) is 11.6. The van der Waals surface area contributed by atoms with E-state index in [1.54, 1.807) is 0 Å². The van der Waals surface area contributed by atoms with Gasteiger partial charge in [0, 0.05) is 12.7 Å². The highest BCUT2D eigenvalue weighted by Crippen LogP contribution is 2.30. The maximum absolute atomic E-state index is 4.20. The topological polar surface area (TPSA) is 42.7 Å². The van der Waals surface area contributed by atoms with Crippen molar-refractivity contribution in [3.63, 3.8) is 0 Å². The van der Waals surface area contributed by atoms with Crippen LogP contribution in [0.15, 0.2) is 6.20 Å². The molecule has 2 aliphatic rings. The van der Waals surface area contributed by atoms with Crippen LogP contribution in [0.2, 0.25) is 0 Å². The highest BCUT2D eigenvalue weighted by Gasteiger charge is 2.23. The fourth-order valence-corrected chi connectivity index (χ4v) is 1.87. The lowest BCUT2D eigenvalue weighted by Gasteiger charge is -2.25. The SMILES string of the molecule is c1c(CC2CNC2)nnn1CC1CC1. The van der Waals surface area contributed by atoms with E-state index < -0.39 is 0 Å². The van der Waals surface area contributed by atoms with Crippen molar-refractivity contribution in [1.82, 2.24) is 20.3 Å². The van der Waals surface area contributed by atoms with Crippen LogP contribution in [0.1, 0.15) is 18.5 Å². The van der Waals surface area contributed by atoms with Crippen LogP contribution in [0.4, 0.5) is 0 Å². The maximum atomic E-state index is 4.20. The van der Waals surface area contributed by atoms with Gasteiger partial charge in [0.2, 0.25) is 0 Å². The quantitative estimate of drug-likeness (QED) is 0.753. The van der Waals surface area contributed by atoms with Crippen molar-refractivity contribution in [2.75, 3.05) is 13.1 Å². The number of nitrogens with zero attached hydrogens (tertiary/aromatic N) is 3. The van der Waals surface area contributed by atoms with Crippen LogP contribution >= 0.6 is 0 Å². The summed E-state index contributed by atoms with van der Waals surface area (Å²) in [4.78, 5) is 0. The summed E-state index contributed by atoms with van der Waals surface area (Å²) in [7, 11) is 0. The van der Waals surface area contributed by atoms with E-state index in [-0.39, 0.29) is 0 Å². The minimum Gasteiger partial charge on any atom is -0.316 e. The molecular formula is C10H16N4. The van der Waals surface area contributed by atoms with Gasteiger partial charge in [-0.2, -0.15) is 0 Å². The van der Waals surface area contributed by atoms with Gasteiger partial charge >= 0.3 is 0 Å². The Labute approximate surface area is 83.7 Å². The van der Waals surface area contributed by atoms with E-state index in [4.69, 9.17) is 0 Å². The molecular weight excluding hydrogens is 176 g/mol. The van der Waals surface area contributed by atoms with E-state index in [2.05, 4.69) is 21.8 Å². The van der Waals surface area contributed by atoms with Gasteiger partial charge in [0.05, 0.1) is 5.69 Å². The van der Waals surface area contributed by atoms with Gasteiger partial charge in [-0.1, -0.05) is 5.21 Å². The highest BCUT2D eigenvalue weighted by atomic mass is 15.4. The van der Waals surface area contributed by atoms with Crippen LogP contribution in [-0.2, 0) is 13.0 Å². The van der Waals surface area contributed by atoms with Crippen LogP contribution in [0, 0.1) is 11.8 Å². The molecule has 1 aromatic rings. The van der Waals surface area contributed by atoms with Gasteiger partial charge in [-0.25, -0.2) is 0 Å². The van der Waals surface area contributed by atoms with Gasteiger partial charge in [-0.15, -0.1) is 5.10 Å². The Hall–Kier alpha value is -0.900. The van der Waals surface area contributed by atoms with Crippen molar-refractivity contribution >= 4 is 0 Å². The largest absolute Gasteiger partial charge is 0.316 e. The predicted octanol–water partition coefficient (Wildman–Crippen LogP) is 0.450. The molecule has 0 atom stereocenters. The lowest BCUT2D eigenvalue weighted by Crippen LogP contribution is -2.43. The van der Waals surface area contributed by atoms with Crippen molar-refractivity contribution in [3.8, 4) is 0 Å².